The van der Waals surface area contributed by atoms with Gasteiger partial charge in [0.15, 0.2) is 5.76 Å². The first-order chi connectivity index (χ1) is 21.2. The Morgan fingerprint density at radius 3 is 1.82 bits per heavy atom. The minimum atomic E-state index is -1.10. The molecule has 242 valence electrons. The monoisotopic (exact) mass is 639 g/mol. The Bertz CT molecular complexity index is 1420. The molecular formula is C34H42ClN3O7. The van der Waals surface area contributed by atoms with Gasteiger partial charge in [-0.2, -0.15) is 0 Å². The molecule has 3 rings (SSSR count). The lowest BCUT2D eigenvalue weighted by Crippen LogP contribution is -2.57. The van der Waals surface area contributed by atoms with E-state index in [0.29, 0.717) is 17.2 Å². The molecule has 10 nitrogen and oxygen atoms in total. The van der Waals surface area contributed by atoms with E-state index in [1.54, 1.807) is 88.5 Å². The van der Waals surface area contributed by atoms with Crippen LogP contribution in [0.1, 0.15) is 62.7 Å². The molecule has 0 aliphatic carbocycles. The lowest BCUT2D eigenvalue weighted by atomic mass is 9.97. The van der Waals surface area contributed by atoms with E-state index in [-0.39, 0.29) is 30.3 Å². The molecule has 0 bridgehead atoms. The molecule has 1 aromatic heterocycles. The minimum absolute atomic E-state index is 0.0745. The number of benzene rings is 2. The van der Waals surface area contributed by atoms with Gasteiger partial charge in [-0.25, -0.2) is 4.79 Å². The van der Waals surface area contributed by atoms with E-state index in [1.165, 1.54) is 6.26 Å². The Morgan fingerprint density at radius 1 is 0.800 bits per heavy atom. The summed E-state index contributed by atoms with van der Waals surface area (Å²) in [4.78, 5) is 53.6. The topological polar surface area (TPSA) is 136 Å². The molecule has 0 spiro atoms. The van der Waals surface area contributed by atoms with E-state index in [0.717, 1.165) is 11.1 Å². The Kier molecular flexibility index (Phi) is 12.6. The largest absolute Gasteiger partial charge is 0.497 e. The first-order valence-corrected chi connectivity index (χ1v) is 15.2. The number of furan rings is 1. The zero-order valence-electron chi connectivity index (χ0n) is 26.5. The van der Waals surface area contributed by atoms with Crippen LogP contribution in [0.3, 0.4) is 0 Å². The zero-order valence-corrected chi connectivity index (χ0v) is 27.3. The number of hydrogen-bond donors (Lipinski definition) is 3. The van der Waals surface area contributed by atoms with Crippen molar-refractivity contribution in [2.75, 3.05) is 7.11 Å². The highest BCUT2D eigenvalue weighted by Crippen LogP contribution is 2.17. The summed E-state index contributed by atoms with van der Waals surface area (Å²) in [5.41, 5.74) is 0.671. The summed E-state index contributed by atoms with van der Waals surface area (Å²) in [6, 6.07) is 14.0. The van der Waals surface area contributed by atoms with Gasteiger partial charge in [0.1, 0.15) is 23.4 Å². The summed E-state index contributed by atoms with van der Waals surface area (Å²) in [7, 11) is 1.55. The molecule has 0 radical (unpaired) electrons. The van der Waals surface area contributed by atoms with Gasteiger partial charge in [0.25, 0.3) is 0 Å². The number of halogens is 1. The van der Waals surface area contributed by atoms with Crippen LogP contribution in [-0.2, 0) is 27.2 Å². The smallest absolute Gasteiger partial charge is 0.408 e. The lowest BCUT2D eigenvalue weighted by Gasteiger charge is -2.27. The molecule has 3 atom stereocenters. The molecule has 1 heterocycles. The average molecular weight is 640 g/mol. The average Bonchev–Trinajstić information content (AvgIpc) is 3.51. The Balaban J connectivity index is 1.89. The second kappa shape index (κ2) is 16.1. The third-order valence-electron chi connectivity index (χ3n) is 6.70. The maximum absolute atomic E-state index is 13.8. The highest BCUT2D eigenvalue weighted by Gasteiger charge is 2.32. The van der Waals surface area contributed by atoms with Crippen molar-refractivity contribution in [1.82, 2.24) is 16.0 Å². The maximum Gasteiger partial charge on any atom is 0.408 e. The summed E-state index contributed by atoms with van der Waals surface area (Å²) in [5, 5.41) is 8.81. The molecule has 0 saturated heterocycles. The van der Waals surface area contributed by atoms with Crippen LogP contribution in [0.2, 0.25) is 5.02 Å². The standard InChI is InChI=1S/C34H42ClN3O7/c1-21(2)18-26(30(39)29-8-7-17-44-29)36-31(40)27(19-22-9-13-24(35)14-10-22)37-32(41)28(38-33(42)45-34(3,4)5)20-23-11-15-25(43-6)16-12-23/h7-17,21,26-28H,18-20H2,1-6H3,(H,36,40)(H,37,41)(H,38,42). The van der Waals surface area contributed by atoms with Gasteiger partial charge in [0.05, 0.1) is 19.4 Å². The van der Waals surface area contributed by atoms with Crippen molar-refractivity contribution in [3.05, 3.63) is 88.8 Å². The fraction of sp³-hybridized carbons (Fsp3) is 0.412. The molecule has 0 aliphatic heterocycles. The van der Waals surface area contributed by atoms with E-state index in [2.05, 4.69) is 16.0 Å². The number of nitrogens with one attached hydrogen (secondary N) is 3. The van der Waals surface area contributed by atoms with Crippen molar-refractivity contribution >= 4 is 35.3 Å². The molecule has 3 unspecified atom stereocenters. The van der Waals surface area contributed by atoms with Crippen LogP contribution in [0.5, 0.6) is 5.75 Å². The van der Waals surface area contributed by atoms with Crippen LogP contribution < -0.4 is 20.7 Å². The third kappa shape index (κ3) is 11.6. The van der Waals surface area contributed by atoms with Crippen LogP contribution >= 0.6 is 11.6 Å². The number of hydrogen-bond acceptors (Lipinski definition) is 7. The number of methoxy groups -OCH3 is 1. The summed E-state index contributed by atoms with van der Waals surface area (Å²) < 4.78 is 15.9. The number of ketones is 1. The molecule has 0 fully saturated rings. The molecule has 3 amide bonds. The summed E-state index contributed by atoms with van der Waals surface area (Å²) in [6.45, 7) is 9.03. The van der Waals surface area contributed by atoms with Gasteiger partial charge in [0, 0.05) is 17.9 Å². The van der Waals surface area contributed by atoms with E-state index < -0.39 is 41.6 Å². The van der Waals surface area contributed by atoms with Gasteiger partial charge < -0.3 is 29.8 Å². The van der Waals surface area contributed by atoms with Crippen molar-refractivity contribution in [2.45, 2.75) is 77.6 Å². The highest BCUT2D eigenvalue weighted by atomic mass is 35.5. The van der Waals surface area contributed by atoms with Crippen LogP contribution in [0, 0.1) is 5.92 Å². The number of carbonyl (C=O) groups is 4. The molecule has 3 aromatic rings. The van der Waals surface area contributed by atoms with Crippen LogP contribution in [0.15, 0.2) is 71.3 Å². The summed E-state index contributed by atoms with van der Waals surface area (Å²) >= 11 is 6.07. The fourth-order valence-electron chi connectivity index (χ4n) is 4.56. The van der Waals surface area contributed by atoms with Crippen LogP contribution in [-0.4, -0.2) is 54.5 Å². The van der Waals surface area contributed by atoms with Crippen molar-refractivity contribution in [1.29, 1.82) is 0 Å². The molecular weight excluding hydrogens is 598 g/mol. The molecule has 0 saturated carbocycles. The molecule has 0 aliphatic rings. The zero-order chi connectivity index (χ0) is 33.1. The number of rotatable bonds is 14. The first kappa shape index (κ1) is 35.2. The Hall–Kier alpha value is -4.31. The predicted molar refractivity (Wildman–Crippen MR) is 171 cm³/mol. The lowest BCUT2D eigenvalue weighted by molar-refractivity contribution is -0.130. The van der Waals surface area contributed by atoms with E-state index >= 15 is 0 Å². The van der Waals surface area contributed by atoms with Gasteiger partial charge in [-0.15, -0.1) is 0 Å². The molecule has 11 heteroatoms. The van der Waals surface area contributed by atoms with Crippen molar-refractivity contribution in [3.8, 4) is 5.75 Å². The van der Waals surface area contributed by atoms with Gasteiger partial charge in [-0.1, -0.05) is 49.7 Å². The second-order valence-corrected chi connectivity index (χ2v) is 12.6. The number of Topliss-reactive ketones (excluding diaryl/α,β-unsaturated/α-hetero) is 1. The van der Waals surface area contributed by atoms with Crippen molar-refractivity contribution in [3.63, 3.8) is 0 Å². The quantitative estimate of drug-likeness (QED) is 0.198. The maximum atomic E-state index is 13.8. The van der Waals surface area contributed by atoms with E-state index in [4.69, 9.17) is 25.5 Å². The van der Waals surface area contributed by atoms with Gasteiger partial charge in [-0.3, -0.25) is 14.4 Å². The molecule has 2 aromatic carbocycles. The molecule has 3 N–H and O–H groups in total. The van der Waals surface area contributed by atoms with Crippen molar-refractivity contribution in [2.24, 2.45) is 5.92 Å². The predicted octanol–water partition coefficient (Wildman–Crippen LogP) is 5.52. The normalized spacial score (nSPS) is 13.3. The van der Waals surface area contributed by atoms with Gasteiger partial charge in [0.2, 0.25) is 17.6 Å². The Labute approximate surface area is 269 Å². The van der Waals surface area contributed by atoms with E-state index in [9.17, 15) is 19.2 Å². The number of amides is 3. The number of alkyl carbamates (subject to hydrolysis) is 1. The highest BCUT2D eigenvalue weighted by molar-refractivity contribution is 6.30. The van der Waals surface area contributed by atoms with Crippen molar-refractivity contribution < 1.29 is 33.1 Å². The fourth-order valence-corrected chi connectivity index (χ4v) is 4.69. The second-order valence-electron chi connectivity index (χ2n) is 12.2. The van der Waals surface area contributed by atoms with Gasteiger partial charge in [-0.05, 0) is 80.6 Å². The number of ether oxygens (including phenoxy) is 2. The van der Waals surface area contributed by atoms with Crippen LogP contribution in [0.4, 0.5) is 4.79 Å². The minimum Gasteiger partial charge on any atom is -0.497 e. The number of carbonyl (C=O) groups excluding carboxylic acids is 4. The molecule has 45 heavy (non-hydrogen) atoms. The van der Waals surface area contributed by atoms with Crippen LogP contribution in [0.25, 0.3) is 0 Å². The summed E-state index contributed by atoms with van der Waals surface area (Å²) in [5.74, 6) is -0.708. The third-order valence-corrected chi connectivity index (χ3v) is 6.95. The SMILES string of the molecule is COc1ccc(CC(NC(=O)OC(C)(C)C)C(=O)NC(Cc2ccc(Cl)cc2)C(=O)NC(CC(C)C)C(=O)c2ccco2)cc1. The summed E-state index contributed by atoms with van der Waals surface area (Å²) in [6.07, 6.45) is 1.17. The Morgan fingerprint density at radius 2 is 1.33 bits per heavy atom. The van der Waals surface area contributed by atoms with E-state index in [1.807, 2.05) is 13.8 Å². The van der Waals surface area contributed by atoms with Gasteiger partial charge >= 0.3 is 6.09 Å². The first-order valence-electron chi connectivity index (χ1n) is 14.8.